The molecule has 0 saturated heterocycles. The molecular formula is C9H9N3O2. The predicted molar refractivity (Wildman–Crippen MR) is 48.9 cm³/mol. The molecule has 0 aliphatic rings. The molecule has 2 aromatic rings. The van der Waals surface area contributed by atoms with E-state index in [1.165, 1.54) is 4.68 Å². The van der Waals surface area contributed by atoms with Gasteiger partial charge in [-0.2, -0.15) is 0 Å². The number of aromatic hydroxyl groups is 1. The first-order chi connectivity index (χ1) is 6.79. The van der Waals surface area contributed by atoms with E-state index in [0.29, 0.717) is 5.69 Å². The van der Waals surface area contributed by atoms with Gasteiger partial charge in [0.05, 0.1) is 18.5 Å². The minimum atomic E-state index is -0.127. The first-order valence-corrected chi connectivity index (χ1v) is 4.11. The summed E-state index contributed by atoms with van der Waals surface area (Å²) < 4.78 is 1.53. The Hall–Kier alpha value is -1.88. The van der Waals surface area contributed by atoms with Crippen molar-refractivity contribution in [1.82, 2.24) is 15.0 Å². The van der Waals surface area contributed by atoms with Crippen LogP contribution in [0.2, 0.25) is 0 Å². The Kier molecular flexibility index (Phi) is 2.16. The van der Waals surface area contributed by atoms with Crippen LogP contribution in [-0.4, -0.2) is 25.2 Å². The van der Waals surface area contributed by atoms with E-state index in [2.05, 4.69) is 10.3 Å². The lowest BCUT2D eigenvalue weighted by molar-refractivity contribution is 0.276. The molecule has 14 heavy (non-hydrogen) atoms. The summed E-state index contributed by atoms with van der Waals surface area (Å²) >= 11 is 0. The van der Waals surface area contributed by atoms with Gasteiger partial charge in [-0.3, -0.25) is 0 Å². The third kappa shape index (κ3) is 1.57. The van der Waals surface area contributed by atoms with Gasteiger partial charge < -0.3 is 10.2 Å². The van der Waals surface area contributed by atoms with E-state index in [-0.39, 0.29) is 12.4 Å². The van der Waals surface area contributed by atoms with Crippen molar-refractivity contribution in [2.24, 2.45) is 0 Å². The summed E-state index contributed by atoms with van der Waals surface area (Å²) in [4.78, 5) is 0. The van der Waals surface area contributed by atoms with Crippen LogP contribution in [0.3, 0.4) is 0 Å². The highest BCUT2D eigenvalue weighted by molar-refractivity contribution is 5.35. The third-order valence-corrected chi connectivity index (χ3v) is 1.82. The van der Waals surface area contributed by atoms with Crippen molar-refractivity contribution in [3.63, 3.8) is 0 Å². The molecule has 0 unspecified atom stereocenters. The highest BCUT2D eigenvalue weighted by atomic mass is 16.3. The standard InChI is InChI=1S/C9H9N3O2/c13-6-7-5-12(11-10-7)8-1-3-9(14)4-2-8/h1-5,13-14H,6H2. The number of aromatic nitrogens is 3. The molecule has 2 N–H and O–H groups in total. The Bertz CT molecular complexity index is 422. The van der Waals surface area contributed by atoms with Crippen molar-refractivity contribution >= 4 is 0 Å². The highest BCUT2D eigenvalue weighted by Gasteiger charge is 2.00. The molecule has 0 spiro atoms. The first-order valence-electron chi connectivity index (χ1n) is 4.11. The number of hydrogen-bond donors (Lipinski definition) is 2. The molecule has 0 saturated carbocycles. The summed E-state index contributed by atoms with van der Waals surface area (Å²) in [7, 11) is 0. The van der Waals surface area contributed by atoms with Gasteiger partial charge >= 0.3 is 0 Å². The lowest BCUT2D eigenvalue weighted by Gasteiger charge is -1.98. The van der Waals surface area contributed by atoms with Gasteiger partial charge in [-0.15, -0.1) is 5.10 Å². The van der Waals surface area contributed by atoms with Gasteiger partial charge in [0.1, 0.15) is 11.4 Å². The molecule has 0 aliphatic carbocycles. The molecular weight excluding hydrogens is 182 g/mol. The van der Waals surface area contributed by atoms with Crippen molar-refractivity contribution in [3.05, 3.63) is 36.2 Å². The highest BCUT2D eigenvalue weighted by Crippen LogP contribution is 2.12. The van der Waals surface area contributed by atoms with E-state index in [1.807, 2.05) is 0 Å². The van der Waals surface area contributed by atoms with E-state index < -0.39 is 0 Å². The van der Waals surface area contributed by atoms with Gasteiger partial charge in [-0.25, -0.2) is 4.68 Å². The second kappa shape index (κ2) is 3.47. The number of phenols is 1. The Labute approximate surface area is 80.2 Å². The average molecular weight is 191 g/mol. The van der Waals surface area contributed by atoms with Crippen LogP contribution < -0.4 is 0 Å². The topological polar surface area (TPSA) is 71.2 Å². The summed E-state index contributed by atoms with van der Waals surface area (Å²) in [5.41, 5.74) is 1.30. The Balaban J connectivity index is 2.34. The summed E-state index contributed by atoms with van der Waals surface area (Å²) in [5.74, 6) is 0.205. The smallest absolute Gasteiger partial charge is 0.115 e. The fourth-order valence-corrected chi connectivity index (χ4v) is 1.10. The maximum absolute atomic E-state index is 9.07. The first kappa shape index (κ1) is 8.71. The fourth-order valence-electron chi connectivity index (χ4n) is 1.10. The van der Waals surface area contributed by atoms with Crippen LogP contribution in [0.5, 0.6) is 5.75 Å². The number of rotatable bonds is 2. The van der Waals surface area contributed by atoms with Gasteiger partial charge in [0.2, 0.25) is 0 Å². The number of aliphatic hydroxyl groups excluding tert-OH is 1. The molecule has 0 amide bonds. The van der Waals surface area contributed by atoms with Gasteiger partial charge in [0.25, 0.3) is 0 Å². The van der Waals surface area contributed by atoms with Crippen LogP contribution >= 0.6 is 0 Å². The van der Waals surface area contributed by atoms with Gasteiger partial charge in [0.15, 0.2) is 0 Å². The molecule has 0 fully saturated rings. The zero-order valence-corrected chi connectivity index (χ0v) is 7.33. The van der Waals surface area contributed by atoms with Gasteiger partial charge in [-0.05, 0) is 24.3 Å². The summed E-state index contributed by atoms with van der Waals surface area (Å²) in [5, 5.41) is 25.4. The zero-order chi connectivity index (χ0) is 9.97. The quantitative estimate of drug-likeness (QED) is 0.723. The number of benzene rings is 1. The van der Waals surface area contributed by atoms with E-state index in [9.17, 15) is 0 Å². The largest absolute Gasteiger partial charge is 0.508 e. The molecule has 0 atom stereocenters. The van der Waals surface area contributed by atoms with Gasteiger partial charge in [0, 0.05) is 0 Å². The molecule has 5 nitrogen and oxygen atoms in total. The summed E-state index contributed by atoms with van der Waals surface area (Å²) in [6.07, 6.45) is 1.63. The number of phenolic OH excluding ortho intramolecular Hbond substituents is 1. The predicted octanol–water partition coefficient (Wildman–Crippen LogP) is 0.465. The van der Waals surface area contributed by atoms with Crippen molar-refractivity contribution in [3.8, 4) is 11.4 Å². The second-order valence-electron chi connectivity index (χ2n) is 2.83. The van der Waals surface area contributed by atoms with Crippen LogP contribution in [0.15, 0.2) is 30.5 Å². The molecule has 0 radical (unpaired) electrons. The lowest BCUT2D eigenvalue weighted by atomic mass is 10.3. The normalized spacial score (nSPS) is 10.4. The van der Waals surface area contributed by atoms with E-state index in [1.54, 1.807) is 30.5 Å². The molecule has 1 heterocycles. The fraction of sp³-hybridized carbons (Fsp3) is 0.111. The monoisotopic (exact) mass is 191 g/mol. The van der Waals surface area contributed by atoms with Crippen molar-refractivity contribution < 1.29 is 10.2 Å². The molecule has 0 bridgehead atoms. The molecule has 1 aromatic carbocycles. The maximum Gasteiger partial charge on any atom is 0.115 e. The van der Waals surface area contributed by atoms with Crippen LogP contribution in [0.25, 0.3) is 5.69 Å². The molecule has 0 aliphatic heterocycles. The molecule has 72 valence electrons. The third-order valence-electron chi connectivity index (χ3n) is 1.82. The minimum absolute atomic E-state index is 0.127. The van der Waals surface area contributed by atoms with Crippen molar-refractivity contribution in [1.29, 1.82) is 0 Å². The van der Waals surface area contributed by atoms with E-state index in [4.69, 9.17) is 10.2 Å². The Morgan fingerprint density at radius 1 is 1.21 bits per heavy atom. The minimum Gasteiger partial charge on any atom is -0.508 e. The van der Waals surface area contributed by atoms with E-state index in [0.717, 1.165) is 5.69 Å². The molecule has 2 rings (SSSR count). The van der Waals surface area contributed by atoms with Crippen LogP contribution in [0, 0.1) is 0 Å². The Morgan fingerprint density at radius 2 is 1.93 bits per heavy atom. The number of nitrogens with zero attached hydrogens (tertiary/aromatic N) is 3. The zero-order valence-electron chi connectivity index (χ0n) is 7.33. The molecule has 1 aromatic heterocycles. The van der Waals surface area contributed by atoms with E-state index >= 15 is 0 Å². The van der Waals surface area contributed by atoms with Crippen LogP contribution in [-0.2, 0) is 6.61 Å². The summed E-state index contributed by atoms with van der Waals surface area (Å²) in [6.45, 7) is -0.127. The average Bonchev–Trinajstić information content (AvgIpc) is 2.67. The SMILES string of the molecule is OCc1cn(-c2ccc(O)cc2)nn1. The summed E-state index contributed by atoms with van der Waals surface area (Å²) in [6, 6.07) is 6.56. The maximum atomic E-state index is 9.07. The van der Waals surface area contributed by atoms with Crippen molar-refractivity contribution in [2.45, 2.75) is 6.61 Å². The van der Waals surface area contributed by atoms with Crippen molar-refractivity contribution in [2.75, 3.05) is 0 Å². The lowest BCUT2D eigenvalue weighted by Crippen LogP contribution is -1.93. The Morgan fingerprint density at radius 3 is 2.50 bits per heavy atom. The number of aliphatic hydroxyl groups is 1. The second-order valence-corrected chi connectivity index (χ2v) is 2.83. The van der Waals surface area contributed by atoms with Gasteiger partial charge in [-0.1, -0.05) is 5.21 Å². The van der Waals surface area contributed by atoms with Crippen LogP contribution in [0.1, 0.15) is 5.69 Å². The van der Waals surface area contributed by atoms with Crippen LogP contribution in [0.4, 0.5) is 0 Å². The number of hydrogen-bond acceptors (Lipinski definition) is 4. The molecule has 5 heteroatoms.